The second-order valence-electron chi connectivity index (χ2n) is 14.9. The number of rotatable bonds is 17. The Balaban J connectivity index is 0.825. The van der Waals surface area contributed by atoms with E-state index in [0.29, 0.717) is 38.0 Å². The smallest absolute Gasteiger partial charge is 0.256 e. The molecule has 0 heterocycles. The largest absolute Gasteiger partial charge is 0.505 e. The summed E-state index contributed by atoms with van der Waals surface area (Å²) in [4.78, 5) is 37.0. The van der Waals surface area contributed by atoms with E-state index in [4.69, 9.17) is 24.7 Å². The number of fused-ring (bicyclic) bond motifs is 5. The lowest BCUT2D eigenvalue weighted by molar-refractivity contribution is -0.124. The summed E-state index contributed by atoms with van der Waals surface area (Å²) in [5.74, 6) is 0.197. The number of nitrogens with one attached hydrogen (secondary N) is 2. The summed E-state index contributed by atoms with van der Waals surface area (Å²) in [7, 11) is 0. The van der Waals surface area contributed by atoms with Crippen LogP contribution in [-0.2, 0) is 36.8 Å². The van der Waals surface area contributed by atoms with Crippen molar-refractivity contribution < 1.29 is 38.4 Å². The maximum atomic E-state index is 12.5. The quantitative estimate of drug-likeness (QED) is 0.100. The highest BCUT2D eigenvalue weighted by Gasteiger charge is 2.55. The van der Waals surface area contributed by atoms with Crippen molar-refractivity contribution in [1.82, 2.24) is 5.32 Å². The minimum atomic E-state index is -0.894. The molecule has 0 aliphatic heterocycles. The number of ether oxygens (including phenoxy) is 4. The van der Waals surface area contributed by atoms with Crippen LogP contribution in [0.25, 0.3) is 0 Å². The molecule has 6 rings (SSSR count). The molecule has 11 heteroatoms. The van der Waals surface area contributed by atoms with Gasteiger partial charge in [-0.2, -0.15) is 0 Å². The SMILES string of the molecule is Cc1ccc2c(c1)CCC1C2CCC2(C)C1CC[C@H]2OCCC(=O)NCCOCCOCC(=O)Nc1ccc(OCc2ccccc2)c(C(N)=O)c1O. The lowest BCUT2D eigenvalue weighted by atomic mass is 9.55. The fraction of sp³-hybridized carbons (Fsp3) is 0.500. The first-order chi connectivity index (χ1) is 25.6. The van der Waals surface area contributed by atoms with Gasteiger partial charge in [-0.3, -0.25) is 14.4 Å². The van der Waals surface area contributed by atoms with Gasteiger partial charge in [0.25, 0.3) is 5.91 Å². The van der Waals surface area contributed by atoms with Gasteiger partial charge < -0.3 is 40.4 Å². The van der Waals surface area contributed by atoms with E-state index in [1.165, 1.54) is 49.8 Å². The molecule has 5 atom stereocenters. The number of carbonyl (C=O) groups excluding carboxylic acids is 3. The average Bonchev–Trinajstić information content (AvgIpc) is 3.48. The van der Waals surface area contributed by atoms with Crippen molar-refractivity contribution >= 4 is 23.4 Å². The second-order valence-corrected chi connectivity index (χ2v) is 14.9. The summed E-state index contributed by atoms with van der Waals surface area (Å²) in [6, 6.07) is 19.3. The fourth-order valence-electron chi connectivity index (χ4n) is 8.92. The van der Waals surface area contributed by atoms with Gasteiger partial charge in [0.1, 0.15) is 24.5 Å². The van der Waals surface area contributed by atoms with E-state index in [-0.39, 0.29) is 60.9 Å². The van der Waals surface area contributed by atoms with E-state index in [1.54, 1.807) is 11.1 Å². The number of phenols is 1. The second kappa shape index (κ2) is 17.6. The molecule has 5 N–H and O–H groups in total. The lowest BCUT2D eigenvalue weighted by Gasteiger charge is -2.50. The van der Waals surface area contributed by atoms with Crippen LogP contribution >= 0.6 is 0 Å². The Kier molecular flexibility index (Phi) is 12.7. The van der Waals surface area contributed by atoms with E-state index < -0.39 is 17.6 Å². The summed E-state index contributed by atoms with van der Waals surface area (Å²) in [6.07, 6.45) is 7.65. The molecule has 0 spiro atoms. The van der Waals surface area contributed by atoms with E-state index in [2.05, 4.69) is 42.7 Å². The molecular weight excluding hydrogens is 674 g/mol. The van der Waals surface area contributed by atoms with E-state index >= 15 is 0 Å². The van der Waals surface area contributed by atoms with Gasteiger partial charge >= 0.3 is 0 Å². The minimum Gasteiger partial charge on any atom is -0.505 e. The zero-order valence-corrected chi connectivity index (χ0v) is 30.9. The third-order valence-electron chi connectivity index (χ3n) is 11.5. The Morgan fingerprint density at radius 1 is 0.925 bits per heavy atom. The molecule has 0 radical (unpaired) electrons. The molecule has 3 aromatic carbocycles. The van der Waals surface area contributed by atoms with Crippen LogP contribution in [0.15, 0.2) is 60.7 Å². The maximum Gasteiger partial charge on any atom is 0.256 e. The van der Waals surface area contributed by atoms with Crippen LogP contribution in [0.2, 0.25) is 0 Å². The zero-order chi connectivity index (χ0) is 37.4. The molecule has 11 nitrogen and oxygen atoms in total. The van der Waals surface area contributed by atoms with Gasteiger partial charge in [0, 0.05) is 13.0 Å². The third-order valence-corrected chi connectivity index (χ3v) is 11.5. The van der Waals surface area contributed by atoms with Gasteiger partial charge in [-0.05, 0) is 97.4 Å². The Hall–Kier alpha value is -4.45. The van der Waals surface area contributed by atoms with Crippen molar-refractivity contribution in [3.05, 3.63) is 88.5 Å². The Morgan fingerprint density at radius 2 is 1.74 bits per heavy atom. The number of hydrogen-bond donors (Lipinski definition) is 4. The molecular formula is C42H53N3O8. The molecule has 0 bridgehead atoms. The van der Waals surface area contributed by atoms with Gasteiger partial charge in [0.15, 0.2) is 5.75 Å². The Morgan fingerprint density at radius 3 is 2.55 bits per heavy atom. The van der Waals surface area contributed by atoms with Crippen LogP contribution in [0.3, 0.4) is 0 Å². The molecule has 0 saturated heterocycles. The minimum absolute atomic E-state index is 0.00611. The summed E-state index contributed by atoms with van der Waals surface area (Å²) >= 11 is 0. The molecule has 4 unspecified atom stereocenters. The van der Waals surface area contributed by atoms with Crippen LogP contribution in [0.4, 0.5) is 5.69 Å². The number of carbonyl (C=O) groups is 3. The van der Waals surface area contributed by atoms with Crippen LogP contribution in [-0.4, -0.2) is 68.5 Å². The number of aryl methyl sites for hydroxylation is 2. The van der Waals surface area contributed by atoms with Crippen LogP contribution in [0.5, 0.6) is 11.5 Å². The van der Waals surface area contributed by atoms with Gasteiger partial charge in [-0.25, -0.2) is 0 Å². The maximum absolute atomic E-state index is 12.5. The summed E-state index contributed by atoms with van der Waals surface area (Å²) in [5.41, 5.74) is 10.8. The highest BCUT2D eigenvalue weighted by molar-refractivity contribution is 6.02. The summed E-state index contributed by atoms with van der Waals surface area (Å²) in [5, 5.41) is 16.0. The highest BCUT2D eigenvalue weighted by atomic mass is 16.5. The summed E-state index contributed by atoms with van der Waals surface area (Å²) < 4.78 is 23.0. The number of anilines is 1. The van der Waals surface area contributed by atoms with Gasteiger partial charge in [0.05, 0.1) is 38.2 Å². The van der Waals surface area contributed by atoms with E-state index in [9.17, 15) is 19.5 Å². The molecule has 2 fully saturated rings. The first kappa shape index (κ1) is 38.3. The van der Waals surface area contributed by atoms with Crippen LogP contribution < -0.4 is 21.1 Å². The van der Waals surface area contributed by atoms with Crippen molar-refractivity contribution in [2.45, 2.75) is 77.4 Å². The van der Waals surface area contributed by atoms with Crippen molar-refractivity contribution in [2.75, 3.05) is 44.9 Å². The molecule has 284 valence electrons. The predicted molar refractivity (Wildman–Crippen MR) is 201 cm³/mol. The van der Waals surface area contributed by atoms with Crippen molar-refractivity contribution in [3.63, 3.8) is 0 Å². The molecule has 3 aliphatic rings. The fourth-order valence-corrected chi connectivity index (χ4v) is 8.92. The highest BCUT2D eigenvalue weighted by Crippen LogP contribution is 2.61. The topological polar surface area (TPSA) is 158 Å². The van der Waals surface area contributed by atoms with E-state index in [0.717, 1.165) is 17.9 Å². The Bertz CT molecular complexity index is 1750. The van der Waals surface area contributed by atoms with Gasteiger partial charge in [-0.1, -0.05) is 61.0 Å². The monoisotopic (exact) mass is 727 g/mol. The molecule has 3 aliphatic carbocycles. The first-order valence-electron chi connectivity index (χ1n) is 18.9. The van der Waals surface area contributed by atoms with Crippen LogP contribution in [0, 0.1) is 24.2 Å². The number of hydrogen-bond acceptors (Lipinski definition) is 8. The predicted octanol–water partition coefficient (Wildman–Crippen LogP) is 5.80. The number of primary amides is 1. The van der Waals surface area contributed by atoms with Crippen LogP contribution in [0.1, 0.15) is 84.0 Å². The molecule has 53 heavy (non-hydrogen) atoms. The van der Waals surface area contributed by atoms with Crippen molar-refractivity contribution in [1.29, 1.82) is 0 Å². The number of nitrogens with two attached hydrogens (primary N) is 1. The normalized spacial score (nSPS) is 23.0. The molecule has 0 aromatic heterocycles. The number of benzene rings is 3. The molecule has 3 amide bonds. The van der Waals surface area contributed by atoms with Crippen molar-refractivity contribution in [2.24, 2.45) is 23.0 Å². The number of aromatic hydroxyl groups is 1. The zero-order valence-electron chi connectivity index (χ0n) is 30.9. The standard InChI is InChI=1S/C42H53N3O8/c1-27-8-10-30-29(24-27)9-11-32-31(30)16-18-42(2)33(32)12-15-36(42)52-20-17-37(46)44-19-21-50-22-23-51-26-38(47)45-34-13-14-35(39(40(34)48)41(43)49)53-25-28-6-4-3-5-7-28/h3-8,10,13-14,24,31-33,36,48H,9,11-12,15-23,25-26H2,1-2H3,(H2,43,49)(H,44,46)(H,45,47)/t31?,32?,33?,36-,42?/m1/s1. The Labute approximate surface area is 311 Å². The number of amides is 3. The first-order valence-corrected chi connectivity index (χ1v) is 18.9. The molecule has 3 aromatic rings. The van der Waals surface area contributed by atoms with E-state index in [1.807, 2.05) is 30.3 Å². The van der Waals surface area contributed by atoms with Gasteiger partial charge in [-0.15, -0.1) is 0 Å². The summed E-state index contributed by atoms with van der Waals surface area (Å²) in [6.45, 7) is 5.94. The van der Waals surface area contributed by atoms with Crippen molar-refractivity contribution in [3.8, 4) is 11.5 Å². The molecule has 2 saturated carbocycles. The average molecular weight is 728 g/mol. The lowest BCUT2D eigenvalue weighted by Crippen LogP contribution is -2.45. The van der Waals surface area contributed by atoms with Gasteiger partial charge in [0.2, 0.25) is 11.8 Å². The third kappa shape index (κ3) is 9.20.